The summed E-state index contributed by atoms with van der Waals surface area (Å²) in [6, 6.07) is 7.03. The molecule has 0 saturated heterocycles. The van der Waals surface area contributed by atoms with Crippen molar-refractivity contribution in [1.82, 2.24) is 9.97 Å². The highest BCUT2D eigenvalue weighted by molar-refractivity contribution is 5.58. The van der Waals surface area contributed by atoms with Crippen molar-refractivity contribution in [3.8, 4) is 17.1 Å². The molecule has 0 spiro atoms. The first-order chi connectivity index (χ1) is 7.70. The van der Waals surface area contributed by atoms with Gasteiger partial charge in [-0.05, 0) is 25.6 Å². The lowest BCUT2D eigenvalue weighted by Gasteiger charge is -1.97. The van der Waals surface area contributed by atoms with Gasteiger partial charge in [-0.15, -0.1) is 0 Å². The van der Waals surface area contributed by atoms with Crippen LogP contribution in [0.1, 0.15) is 11.4 Å². The van der Waals surface area contributed by atoms with E-state index in [1.807, 2.05) is 13.0 Å². The monoisotopic (exact) mass is 217 g/mol. The van der Waals surface area contributed by atoms with E-state index in [0.717, 1.165) is 29.2 Å². The second-order valence-electron chi connectivity index (χ2n) is 3.75. The Labute approximate surface area is 94.1 Å². The van der Waals surface area contributed by atoms with Crippen LogP contribution in [0.2, 0.25) is 0 Å². The zero-order chi connectivity index (χ0) is 11.5. The second kappa shape index (κ2) is 4.37. The number of aromatic amines is 1. The zero-order valence-electron chi connectivity index (χ0n) is 9.20. The maximum Gasteiger partial charge on any atom is 0.137 e. The van der Waals surface area contributed by atoms with Gasteiger partial charge in [-0.2, -0.15) is 0 Å². The lowest BCUT2D eigenvalue weighted by Crippen LogP contribution is -2.03. The topological polar surface area (TPSA) is 74.9 Å². The second-order valence-corrected chi connectivity index (χ2v) is 3.75. The minimum absolute atomic E-state index is 0.243. The maximum atomic E-state index is 9.39. The number of aromatic hydroxyl groups is 1. The molecule has 0 fully saturated rings. The average molecular weight is 217 g/mol. The number of aromatic nitrogens is 2. The van der Waals surface area contributed by atoms with Crippen LogP contribution in [-0.2, 0) is 6.42 Å². The van der Waals surface area contributed by atoms with E-state index in [1.54, 1.807) is 18.2 Å². The van der Waals surface area contributed by atoms with Gasteiger partial charge < -0.3 is 15.8 Å². The number of hydrogen-bond acceptors (Lipinski definition) is 3. The molecule has 1 aromatic heterocycles. The van der Waals surface area contributed by atoms with Crippen molar-refractivity contribution in [1.29, 1.82) is 0 Å². The highest BCUT2D eigenvalue weighted by Crippen LogP contribution is 2.21. The Hall–Kier alpha value is -1.81. The van der Waals surface area contributed by atoms with Gasteiger partial charge in [0.05, 0.1) is 5.69 Å². The molecule has 0 atom stereocenters. The van der Waals surface area contributed by atoms with Crippen LogP contribution in [0, 0.1) is 6.92 Å². The quantitative estimate of drug-likeness (QED) is 0.730. The molecule has 1 aromatic carbocycles. The van der Waals surface area contributed by atoms with Gasteiger partial charge in [0, 0.05) is 17.7 Å². The maximum absolute atomic E-state index is 9.39. The predicted octanol–water partition coefficient (Wildman–Crippen LogP) is 1.59. The minimum Gasteiger partial charge on any atom is -0.508 e. The van der Waals surface area contributed by atoms with Crippen molar-refractivity contribution in [3.05, 3.63) is 35.7 Å². The number of phenols is 1. The molecule has 0 amide bonds. The standard InChI is InChI=1S/C12H15N3O/c1-8-11(5-6-13)15-12(14-8)9-3-2-4-10(16)7-9/h2-4,7,16H,5-6,13H2,1H3,(H,14,15). The first-order valence-corrected chi connectivity index (χ1v) is 5.25. The van der Waals surface area contributed by atoms with Gasteiger partial charge >= 0.3 is 0 Å². The number of benzene rings is 1. The fraction of sp³-hybridized carbons (Fsp3) is 0.250. The molecule has 0 unspecified atom stereocenters. The molecule has 84 valence electrons. The van der Waals surface area contributed by atoms with Gasteiger partial charge in [-0.1, -0.05) is 12.1 Å². The van der Waals surface area contributed by atoms with Crippen molar-refractivity contribution in [2.45, 2.75) is 13.3 Å². The first kappa shape index (κ1) is 10.7. The summed E-state index contributed by atoms with van der Waals surface area (Å²) in [6.07, 6.45) is 0.765. The van der Waals surface area contributed by atoms with Gasteiger partial charge in [0.1, 0.15) is 11.6 Å². The van der Waals surface area contributed by atoms with Crippen molar-refractivity contribution >= 4 is 0 Å². The Balaban J connectivity index is 2.37. The normalized spacial score (nSPS) is 10.6. The van der Waals surface area contributed by atoms with Crippen LogP contribution in [0.15, 0.2) is 24.3 Å². The summed E-state index contributed by atoms with van der Waals surface area (Å²) in [6.45, 7) is 2.56. The number of H-pyrrole nitrogens is 1. The third-order valence-electron chi connectivity index (χ3n) is 2.49. The summed E-state index contributed by atoms with van der Waals surface area (Å²) in [4.78, 5) is 7.66. The van der Waals surface area contributed by atoms with E-state index in [-0.39, 0.29) is 5.75 Å². The summed E-state index contributed by atoms with van der Waals surface area (Å²) in [5.74, 6) is 1.02. The summed E-state index contributed by atoms with van der Waals surface area (Å²) in [7, 11) is 0. The summed E-state index contributed by atoms with van der Waals surface area (Å²) in [5.41, 5.74) is 8.41. The average Bonchev–Trinajstić information content (AvgIpc) is 2.61. The van der Waals surface area contributed by atoms with Crippen molar-refractivity contribution in [3.63, 3.8) is 0 Å². The highest BCUT2D eigenvalue weighted by Gasteiger charge is 2.07. The fourth-order valence-corrected chi connectivity index (χ4v) is 1.67. The van der Waals surface area contributed by atoms with Crippen molar-refractivity contribution in [2.24, 2.45) is 5.73 Å². The van der Waals surface area contributed by atoms with E-state index >= 15 is 0 Å². The number of nitrogens with one attached hydrogen (secondary N) is 1. The minimum atomic E-state index is 0.243. The van der Waals surface area contributed by atoms with Crippen molar-refractivity contribution in [2.75, 3.05) is 6.54 Å². The lowest BCUT2D eigenvalue weighted by molar-refractivity contribution is 0.475. The van der Waals surface area contributed by atoms with E-state index in [4.69, 9.17) is 5.73 Å². The number of aryl methyl sites for hydroxylation is 1. The molecule has 0 saturated carbocycles. The van der Waals surface area contributed by atoms with Gasteiger partial charge in [-0.25, -0.2) is 4.98 Å². The molecule has 4 nitrogen and oxygen atoms in total. The molecule has 4 N–H and O–H groups in total. The number of nitrogens with two attached hydrogens (primary N) is 1. The summed E-state index contributed by atoms with van der Waals surface area (Å²) in [5, 5.41) is 9.39. The van der Waals surface area contributed by atoms with E-state index < -0.39 is 0 Å². The molecular formula is C12H15N3O. The van der Waals surface area contributed by atoms with Crippen LogP contribution in [0.5, 0.6) is 5.75 Å². The Kier molecular flexibility index (Phi) is 2.92. The van der Waals surface area contributed by atoms with E-state index in [9.17, 15) is 5.11 Å². The van der Waals surface area contributed by atoms with E-state index in [0.29, 0.717) is 6.54 Å². The molecule has 2 aromatic rings. The Bertz CT molecular complexity index is 491. The largest absolute Gasteiger partial charge is 0.508 e. The van der Waals surface area contributed by atoms with Gasteiger partial charge in [0.15, 0.2) is 0 Å². The Morgan fingerprint density at radius 3 is 2.94 bits per heavy atom. The van der Waals surface area contributed by atoms with E-state index in [2.05, 4.69) is 9.97 Å². The van der Waals surface area contributed by atoms with Crippen LogP contribution in [-0.4, -0.2) is 21.6 Å². The Morgan fingerprint density at radius 1 is 1.44 bits per heavy atom. The van der Waals surface area contributed by atoms with Gasteiger partial charge in [-0.3, -0.25) is 0 Å². The molecule has 2 rings (SSSR count). The van der Waals surface area contributed by atoms with Crippen molar-refractivity contribution < 1.29 is 5.11 Å². The molecule has 0 aliphatic rings. The molecule has 0 aliphatic heterocycles. The van der Waals surface area contributed by atoms with Crippen LogP contribution in [0.3, 0.4) is 0 Å². The third kappa shape index (κ3) is 2.06. The fourth-order valence-electron chi connectivity index (χ4n) is 1.67. The van der Waals surface area contributed by atoms with Gasteiger partial charge in [0.2, 0.25) is 0 Å². The molecular weight excluding hydrogens is 202 g/mol. The van der Waals surface area contributed by atoms with Crippen LogP contribution in [0.25, 0.3) is 11.4 Å². The van der Waals surface area contributed by atoms with E-state index in [1.165, 1.54) is 0 Å². The molecule has 1 heterocycles. The zero-order valence-corrected chi connectivity index (χ0v) is 9.20. The molecule has 4 heteroatoms. The highest BCUT2D eigenvalue weighted by atomic mass is 16.3. The smallest absolute Gasteiger partial charge is 0.137 e. The number of hydrogen-bond donors (Lipinski definition) is 3. The Morgan fingerprint density at radius 2 is 2.25 bits per heavy atom. The van der Waals surface area contributed by atoms with Crippen LogP contribution < -0.4 is 5.73 Å². The SMILES string of the molecule is Cc1[nH]c(-c2cccc(O)c2)nc1CCN. The molecule has 16 heavy (non-hydrogen) atoms. The lowest BCUT2D eigenvalue weighted by atomic mass is 10.2. The number of phenolic OH excluding ortho intramolecular Hbond substituents is 1. The number of imidazole rings is 1. The van der Waals surface area contributed by atoms with Crippen LogP contribution in [0.4, 0.5) is 0 Å². The number of nitrogens with zero attached hydrogens (tertiary/aromatic N) is 1. The van der Waals surface area contributed by atoms with Crippen LogP contribution >= 0.6 is 0 Å². The summed E-state index contributed by atoms with van der Waals surface area (Å²) < 4.78 is 0. The molecule has 0 radical (unpaired) electrons. The molecule has 0 aliphatic carbocycles. The number of rotatable bonds is 3. The van der Waals surface area contributed by atoms with Gasteiger partial charge in [0.25, 0.3) is 0 Å². The predicted molar refractivity (Wildman–Crippen MR) is 63.2 cm³/mol. The third-order valence-corrected chi connectivity index (χ3v) is 2.49. The molecule has 0 bridgehead atoms. The summed E-state index contributed by atoms with van der Waals surface area (Å²) >= 11 is 0. The first-order valence-electron chi connectivity index (χ1n) is 5.25.